The molecule has 0 radical (unpaired) electrons. The molecule has 24 heavy (non-hydrogen) atoms. The average Bonchev–Trinajstić information content (AvgIpc) is 3.08. The lowest BCUT2D eigenvalue weighted by Gasteiger charge is -2.36. The predicted octanol–water partition coefficient (Wildman–Crippen LogP) is 2.93. The molecular formula is C18H21IN4O. The first-order valence-corrected chi connectivity index (χ1v) is 9.38. The van der Waals surface area contributed by atoms with Crippen LogP contribution in [0, 0.1) is 0 Å². The lowest BCUT2D eigenvalue weighted by molar-refractivity contribution is -0.0499. The second-order valence-electron chi connectivity index (χ2n) is 6.33. The number of aromatic nitrogens is 1. The molecule has 2 saturated heterocycles. The summed E-state index contributed by atoms with van der Waals surface area (Å²) in [4.78, 5) is 9.39. The number of pyridine rings is 1. The minimum atomic E-state index is 0.282. The molecule has 1 aromatic heterocycles. The van der Waals surface area contributed by atoms with Gasteiger partial charge in [-0.05, 0) is 17.7 Å². The summed E-state index contributed by atoms with van der Waals surface area (Å²) in [5, 5.41) is 0. The Labute approximate surface area is 156 Å². The smallest absolute Gasteiger partial charge is 0.134 e. The standard InChI is InChI=1S/C18H21IN4O/c19-21-18-7-6-15(10-20-18)23-12-16-17(13-23)24-9-8-22(16)11-14-4-2-1-3-5-14/h1-7,10,16-17H,8-9,11-13H2,(H,20,21)/t16-,17?/m0/s1. The van der Waals surface area contributed by atoms with E-state index in [9.17, 15) is 0 Å². The highest BCUT2D eigenvalue weighted by Gasteiger charge is 2.40. The van der Waals surface area contributed by atoms with Gasteiger partial charge in [-0.15, -0.1) is 0 Å². The van der Waals surface area contributed by atoms with Crippen LogP contribution in [0.3, 0.4) is 0 Å². The van der Waals surface area contributed by atoms with E-state index in [0.29, 0.717) is 6.04 Å². The first kappa shape index (κ1) is 16.1. The zero-order valence-corrected chi connectivity index (χ0v) is 15.6. The number of rotatable bonds is 4. The van der Waals surface area contributed by atoms with Crippen LogP contribution in [0.15, 0.2) is 48.7 Å². The summed E-state index contributed by atoms with van der Waals surface area (Å²) in [6.07, 6.45) is 2.23. The third-order valence-electron chi connectivity index (χ3n) is 4.85. The highest BCUT2D eigenvalue weighted by atomic mass is 127. The van der Waals surface area contributed by atoms with Crippen molar-refractivity contribution in [2.45, 2.75) is 18.7 Å². The normalized spacial score (nSPS) is 24.0. The van der Waals surface area contributed by atoms with Gasteiger partial charge in [0.25, 0.3) is 0 Å². The van der Waals surface area contributed by atoms with Crippen LogP contribution in [-0.4, -0.2) is 48.3 Å². The molecule has 2 aromatic rings. The topological polar surface area (TPSA) is 40.6 Å². The number of anilines is 2. The van der Waals surface area contributed by atoms with Crippen molar-refractivity contribution in [3.8, 4) is 0 Å². The lowest BCUT2D eigenvalue weighted by Crippen LogP contribution is -2.50. The van der Waals surface area contributed by atoms with E-state index in [1.165, 1.54) is 11.3 Å². The molecule has 2 atom stereocenters. The molecule has 6 heteroatoms. The Morgan fingerprint density at radius 3 is 2.79 bits per heavy atom. The Morgan fingerprint density at radius 2 is 2.04 bits per heavy atom. The molecule has 0 saturated carbocycles. The molecule has 126 valence electrons. The number of fused-ring (bicyclic) bond motifs is 1. The zero-order valence-electron chi connectivity index (χ0n) is 13.4. The van der Waals surface area contributed by atoms with Crippen molar-refractivity contribution in [2.24, 2.45) is 0 Å². The highest BCUT2D eigenvalue weighted by molar-refractivity contribution is 14.1. The Morgan fingerprint density at radius 1 is 1.17 bits per heavy atom. The second-order valence-corrected chi connectivity index (χ2v) is 6.87. The lowest BCUT2D eigenvalue weighted by atomic mass is 10.1. The summed E-state index contributed by atoms with van der Waals surface area (Å²) < 4.78 is 9.09. The van der Waals surface area contributed by atoms with Crippen molar-refractivity contribution < 1.29 is 4.74 Å². The molecule has 0 amide bonds. The molecular weight excluding hydrogens is 415 g/mol. The van der Waals surface area contributed by atoms with Gasteiger partial charge in [-0.25, -0.2) is 4.98 Å². The fraction of sp³-hybridized carbons (Fsp3) is 0.389. The first-order chi connectivity index (χ1) is 11.8. The van der Waals surface area contributed by atoms with Crippen LogP contribution in [0.2, 0.25) is 0 Å². The maximum Gasteiger partial charge on any atom is 0.134 e. The summed E-state index contributed by atoms with van der Waals surface area (Å²) in [7, 11) is 0. The average molecular weight is 436 g/mol. The van der Waals surface area contributed by atoms with Crippen LogP contribution in [0.4, 0.5) is 11.5 Å². The molecule has 2 aliphatic rings. The van der Waals surface area contributed by atoms with Gasteiger partial charge in [0.1, 0.15) is 5.82 Å². The molecule has 0 bridgehead atoms. The van der Waals surface area contributed by atoms with Gasteiger partial charge in [0.05, 0.1) is 53.5 Å². The quantitative estimate of drug-likeness (QED) is 0.590. The number of benzene rings is 1. The fourth-order valence-corrected chi connectivity index (χ4v) is 3.93. The van der Waals surface area contributed by atoms with E-state index in [-0.39, 0.29) is 6.10 Å². The summed E-state index contributed by atoms with van der Waals surface area (Å²) >= 11 is 2.10. The molecule has 0 spiro atoms. The molecule has 4 rings (SSSR count). The Balaban J connectivity index is 1.47. The van der Waals surface area contributed by atoms with Crippen molar-refractivity contribution >= 4 is 34.4 Å². The first-order valence-electron chi connectivity index (χ1n) is 8.31. The van der Waals surface area contributed by atoms with E-state index in [1.807, 2.05) is 12.3 Å². The molecule has 0 aliphatic carbocycles. The molecule has 3 heterocycles. The summed E-state index contributed by atoms with van der Waals surface area (Å²) in [6, 6.07) is 15.3. The van der Waals surface area contributed by atoms with Crippen LogP contribution in [-0.2, 0) is 11.3 Å². The van der Waals surface area contributed by atoms with Crippen molar-refractivity contribution in [2.75, 3.05) is 34.7 Å². The van der Waals surface area contributed by atoms with Crippen LogP contribution in [0.25, 0.3) is 0 Å². The number of nitrogens with zero attached hydrogens (tertiary/aromatic N) is 3. The maximum absolute atomic E-state index is 6.05. The van der Waals surface area contributed by atoms with Crippen LogP contribution in [0.1, 0.15) is 5.56 Å². The highest BCUT2D eigenvalue weighted by Crippen LogP contribution is 2.28. The number of halogens is 1. The maximum atomic E-state index is 6.05. The van der Waals surface area contributed by atoms with Gasteiger partial charge in [0.2, 0.25) is 0 Å². The summed E-state index contributed by atoms with van der Waals surface area (Å²) in [5.74, 6) is 0.887. The molecule has 5 nitrogen and oxygen atoms in total. The van der Waals surface area contributed by atoms with Crippen molar-refractivity contribution in [1.29, 1.82) is 0 Å². The largest absolute Gasteiger partial charge is 0.373 e. The Hall–Kier alpha value is -1.38. The van der Waals surface area contributed by atoms with Crippen LogP contribution >= 0.6 is 22.9 Å². The van der Waals surface area contributed by atoms with Gasteiger partial charge >= 0.3 is 0 Å². The van der Waals surface area contributed by atoms with Gasteiger partial charge in [0.15, 0.2) is 0 Å². The molecule has 2 fully saturated rings. The van der Waals surface area contributed by atoms with E-state index in [2.05, 4.69) is 77.6 Å². The van der Waals surface area contributed by atoms with Gasteiger partial charge in [-0.3, -0.25) is 4.90 Å². The van der Waals surface area contributed by atoms with E-state index in [4.69, 9.17) is 4.74 Å². The molecule has 1 N–H and O–H groups in total. The molecule has 1 unspecified atom stereocenters. The fourth-order valence-electron chi connectivity index (χ4n) is 3.61. The van der Waals surface area contributed by atoms with Gasteiger partial charge in [-0.1, -0.05) is 30.3 Å². The number of morpholine rings is 1. The second kappa shape index (κ2) is 7.25. The van der Waals surface area contributed by atoms with E-state index in [0.717, 1.165) is 38.6 Å². The zero-order chi connectivity index (χ0) is 16.4. The van der Waals surface area contributed by atoms with Crippen molar-refractivity contribution in [3.05, 3.63) is 54.2 Å². The number of hydrogen-bond donors (Lipinski definition) is 1. The predicted molar refractivity (Wildman–Crippen MR) is 104 cm³/mol. The summed E-state index contributed by atoms with van der Waals surface area (Å²) in [5.41, 5.74) is 2.54. The minimum Gasteiger partial charge on any atom is -0.373 e. The minimum absolute atomic E-state index is 0.282. The number of nitrogens with one attached hydrogen (secondary N) is 1. The SMILES string of the molecule is INc1ccc(N2CC3OCCN(Cc4ccccc4)[C@H]3C2)cn1. The van der Waals surface area contributed by atoms with E-state index < -0.39 is 0 Å². The van der Waals surface area contributed by atoms with Gasteiger partial charge in [0, 0.05) is 26.2 Å². The van der Waals surface area contributed by atoms with Gasteiger partial charge in [-0.2, -0.15) is 0 Å². The molecule has 2 aliphatic heterocycles. The Kier molecular flexibility index (Phi) is 4.86. The number of hydrogen-bond acceptors (Lipinski definition) is 5. The molecule has 1 aromatic carbocycles. The van der Waals surface area contributed by atoms with E-state index in [1.54, 1.807) is 0 Å². The van der Waals surface area contributed by atoms with Gasteiger partial charge < -0.3 is 13.2 Å². The van der Waals surface area contributed by atoms with Crippen LogP contribution in [0.5, 0.6) is 0 Å². The number of ether oxygens (including phenoxy) is 1. The van der Waals surface area contributed by atoms with Crippen molar-refractivity contribution in [3.63, 3.8) is 0 Å². The van der Waals surface area contributed by atoms with Crippen molar-refractivity contribution in [1.82, 2.24) is 9.88 Å². The van der Waals surface area contributed by atoms with E-state index >= 15 is 0 Å². The third kappa shape index (κ3) is 3.36. The van der Waals surface area contributed by atoms with Crippen LogP contribution < -0.4 is 8.43 Å². The third-order valence-corrected chi connectivity index (χ3v) is 5.41. The summed E-state index contributed by atoms with van der Waals surface area (Å²) in [6.45, 7) is 4.75. The Bertz CT molecular complexity index is 666. The monoisotopic (exact) mass is 436 g/mol.